The van der Waals surface area contributed by atoms with Crippen molar-refractivity contribution in [2.75, 3.05) is 13.1 Å². The number of carbonyl (C=O) groups excluding carboxylic acids is 2. The second-order valence-corrected chi connectivity index (χ2v) is 4.79. The molecule has 0 aliphatic rings. The first kappa shape index (κ1) is 17.5. The van der Waals surface area contributed by atoms with Gasteiger partial charge in [0.2, 0.25) is 5.91 Å². The van der Waals surface area contributed by atoms with Crippen LogP contribution < -0.4 is 16.0 Å². The maximum absolute atomic E-state index is 11.8. The highest BCUT2D eigenvalue weighted by molar-refractivity contribution is 5.86. The Morgan fingerprint density at radius 1 is 1.09 bits per heavy atom. The van der Waals surface area contributed by atoms with Crippen LogP contribution in [0, 0.1) is 0 Å². The predicted octanol–water partition coefficient (Wildman–Crippen LogP) is 0.508. The van der Waals surface area contributed by atoms with Crippen molar-refractivity contribution >= 4 is 17.9 Å². The lowest BCUT2D eigenvalue weighted by Gasteiger charge is -2.14. The third-order valence-corrected chi connectivity index (χ3v) is 2.92. The fourth-order valence-electron chi connectivity index (χ4n) is 1.72. The highest BCUT2D eigenvalue weighted by atomic mass is 16.4. The maximum Gasteiger partial charge on any atom is 0.315 e. The number of benzene rings is 1. The van der Waals surface area contributed by atoms with E-state index in [0.717, 1.165) is 5.56 Å². The molecular weight excluding hydrogens is 286 g/mol. The van der Waals surface area contributed by atoms with Gasteiger partial charge in [0.1, 0.15) is 6.04 Å². The normalized spacial score (nSPS) is 11.3. The monoisotopic (exact) mass is 307 g/mol. The van der Waals surface area contributed by atoms with E-state index in [1.54, 1.807) is 6.92 Å². The van der Waals surface area contributed by atoms with Gasteiger partial charge in [-0.3, -0.25) is 9.59 Å². The summed E-state index contributed by atoms with van der Waals surface area (Å²) >= 11 is 0. The Morgan fingerprint density at radius 2 is 1.77 bits per heavy atom. The van der Waals surface area contributed by atoms with E-state index in [0.29, 0.717) is 13.0 Å². The molecule has 7 heteroatoms. The van der Waals surface area contributed by atoms with Crippen molar-refractivity contribution in [2.45, 2.75) is 25.8 Å². The molecule has 0 saturated heterocycles. The van der Waals surface area contributed by atoms with Crippen molar-refractivity contribution in [2.24, 2.45) is 0 Å². The van der Waals surface area contributed by atoms with E-state index in [9.17, 15) is 14.4 Å². The minimum atomic E-state index is -0.994. The summed E-state index contributed by atoms with van der Waals surface area (Å²) in [5.41, 5.74) is 1.12. The van der Waals surface area contributed by atoms with Crippen molar-refractivity contribution in [1.29, 1.82) is 0 Å². The minimum absolute atomic E-state index is 0.0174. The van der Waals surface area contributed by atoms with E-state index in [2.05, 4.69) is 16.0 Å². The number of carboxylic acids is 1. The van der Waals surface area contributed by atoms with Gasteiger partial charge in [-0.05, 0) is 18.9 Å². The summed E-state index contributed by atoms with van der Waals surface area (Å²) in [5, 5.41) is 16.0. The Hall–Kier alpha value is -2.57. The number of hydrogen-bond acceptors (Lipinski definition) is 3. The molecule has 0 aromatic heterocycles. The number of urea groups is 1. The molecule has 0 aliphatic heterocycles. The van der Waals surface area contributed by atoms with Gasteiger partial charge in [-0.15, -0.1) is 0 Å². The van der Waals surface area contributed by atoms with Gasteiger partial charge in [0, 0.05) is 13.1 Å². The lowest BCUT2D eigenvalue weighted by Crippen LogP contribution is -2.49. The SMILES string of the molecule is C[C@@H](NC(=O)NCCC(=O)O)C(=O)NCCc1ccccc1. The van der Waals surface area contributed by atoms with Gasteiger partial charge in [-0.1, -0.05) is 30.3 Å². The van der Waals surface area contributed by atoms with E-state index >= 15 is 0 Å². The summed E-state index contributed by atoms with van der Waals surface area (Å²) < 4.78 is 0. The van der Waals surface area contributed by atoms with Gasteiger partial charge in [0.25, 0.3) is 0 Å². The molecule has 1 atom stereocenters. The predicted molar refractivity (Wildman–Crippen MR) is 81.4 cm³/mol. The van der Waals surface area contributed by atoms with Crippen LogP contribution in [0.4, 0.5) is 4.79 Å². The molecule has 22 heavy (non-hydrogen) atoms. The van der Waals surface area contributed by atoms with Crippen LogP contribution >= 0.6 is 0 Å². The average molecular weight is 307 g/mol. The summed E-state index contributed by atoms with van der Waals surface area (Å²) in [7, 11) is 0. The highest BCUT2D eigenvalue weighted by Gasteiger charge is 2.14. The molecule has 1 aromatic rings. The second kappa shape index (κ2) is 9.38. The number of aliphatic carboxylic acids is 1. The molecule has 0 heterocycles. The summed E-state index contributed by atoms with van der Waals surface area (Å²) in [4.78, 5) is 33.6. The molecule has 0 unspecified atom stereocenters. The van der Waals surface area contributed by atoms with Gasteiger partial charge in [0.05, 0.1) is 6.42 Å². The molecule has 0 radical (unpaired) electrons. The summed E-state index contributed by atoms with van der Waals surface area (Å²) in [6, 6.07) is 8.49. The molecule has 0 fully saturated rings. The summed E-state index contributed by atoms with van der Waals surface area (Å²) in [6.45, 7) is 2.06. The van der Waals surface area contributed by atoms with Crippen molar-refractivity contribution in [3.8, 4) is 0 Å². The Morgan fingerprint density at radius 3 is 2.41 bits per heavy atom. The van der Waals surface area contributed by atoms with E-state index in [4.69, 9.17) is 5.11 Å². The van der Waals surface area contributed by atoms with Crippen molar-refractivity contribution in [3.05, 3.63) is 35.9 Å². The number of carboxylic acid groups (broad SMARTS) is 1. The molecule has 0 bridgehead atoms. The Labute approximate surface area is 129 Å². The van der Waals surface area contributed by atoms with Crippen molar-refractivity contribution in [3.63, 3.8) is 0 Å². The van der Waals surface area contributed by atoms with Gasteiger partial charge >= 0.3 is 12.0 Å². The molecule has 3 amide bonds. The number of hydrogen-bond donors (Lipinski definition) is 4. The zero-order valence-electron chi connectivity index (χ0n) is 12.5. The van der Waals surface area contributed by atoms with E-state index in [-0.39, 0.29) is 18.9 Å². The third kappa shape index (κ3) is 7.28. The smallest absolute Gasteiger partial charge is 0.315 e. The standard InChI is InChI=1S/C15H21N3O4/c1-11(18-15(22)17-10-8-13(19)20)14(21)16-9-7-12-5-3-2-4-6-12/h2-6,11H,7-10H2,1H3,(H,16,21)(H,19,20)(H2,17,18,22)/t11-/m1/s1. The zero-order chi connectivity index (χ0) is 16.4. The van der Waals surface area contributed by atoms with Gasteiger partial charge in [-0.25, -0.2) is 4.79 Å². The Balaban J connectivity index is 2.21. The van der Waals surface area contributed by atoms with E-state index in [1.165, 1.54) is 0 Å². The van der Waals surface area contributed by atoms with Gasteiger partial charge in [-0.2, -0.15) is 0 Å². The lowest BCUT2D eigenvalue weighted by atomic mass is 10.1. The van der Waals surface area contributed by atoms with Crippen LogP contribution in [0.3, 0.4) is 0 Å². The number of amides is 3. The van der Waals surface area contributed by atoms with E-state index < -0.39 is 18.0 Å². The van der Waals surface area contributed by atoms with Crippen LogP contribution in [-0.2, 0) is 16.0 Å². The van der Waals surface area contributed by atoms with Crippen LogP contribution in [0.1, 0.15) is 18.9 Å². The molecule has 0 spiro atoms. The minimum Gasteiger partial charge on any atom is -0.481 e. The van der Waals surface area contributed by atoms with Crippen molar-refractivity contribution in [1.82, 2.24) is 16.0 Å². The van der Waals surface area contributed by atoms with Crippen LogP contribution in [0.25, 0.3) is 0 Å². The molecule has 1 aromatic carbocycles. The summed E-state index contributed by atoms with van der Waals surface area (Å²) in [5.74, 6) is -1.28. The lowest BCUT2D eigenvalue weighted by molar-refractivity contribution is -0.136. The molecule has 7 nitrogen and oxygen atoms in total. The molecule has 0 aliphatic carbocycles. The quantitative estimate of drug-likeness (QED) is 0.561. The first-order valence-corrected chi connectivity index (χ1v) is 7.07. The highest BCUT2D eigenvalue weighted by Crippen LogP contribution is 1.98. The first-order valence-electron chi connectivity index (χ1n) is 7.07. The maximum atomic E-state index is 11.8. The number of rotatable bonds is 8. The van der Waals surface area contributed by atoms with Crippen LogP contribution in [0.5, 0.6) is 0 Å². The third-order valence-electron chi connectivity index (χ3n) is 2.92. The number of nitrogens with one attached hydrogen (secondary N) is 3. The van der Waals surface area contributed by atoms with Gasteiger partial charge < -0.3 is 21.1 Å². The van der Waals surface area contributed by atoms with E-state index in [1.807, 2.05) is 30.3 Å². The van der Waals surface area contributed by atoms with Crippen LogP contribution in [0.2, 0.25) is 0 Å². The Kier molecular flexibility index (Phi) is 7.45. The zero-order valence-corrected chi connectivity index (χ0v) is 12.5. The fraction of sp³-hybridized carbons (Fsp3) is 0.400. The molecule has 4 N–H and O–H groups in total. The molecule has 120 valence electrons. The van der Waals surface area contributed by atoms with Gasteiger partial charge in [0.15, 0.2) is 0 Å². The van der Waals surface area contributed by atoms with Crippen LogP contribution in [-0.4, -0.2) is 42.1 Å². The number of carbonyl (C=O) groups is 3. The fourth-order valence-corrected chi connectivity index (χ4v) is 1.72. The Bertz CT molecular complexity index is 505. The molecule has 0 saturated carbocycles. The first-order chi connectivity index (χ1) is 10.5. The van der Waals surface area contributed by atoms with Crippen LogP contribution in [0.15, 0.2) is 30.3 Å². The average Bonchev–Trinajstić information content (AvgIpc) is 2.47. The van der Waals surface area contributed by atoms with Crippen molar-refractivity contribution < 1.29 is 19.5 Å². The summed E-state index contributed by atoms with van der Waals surface area (Å²) in [6.07, 6.45) is 0.551. The second-order valence-electron chi connectivity index (χ2n) is 4.79. The molecular formula is C15H21N3O4. The molecule has 1 rings (SSSR count). The largest absolute Gasteiger partial charge is 0.481 e. The topological polar surface area (TPSA) is 108 Å².